The van der Waals surface area contributed by atoms with E-state index >= 15 is 0 Å². The highest BCUT2D eigenvalue weighted by molar-refractivity contribution is 6.65. The van der Waals surface area contributed by atoms with Gasteiger partial charge in [-0.15, -0.1) is 0 Å². The van der Waals surface area contributed by atoms with E-state index in [0.717, 1.165) is 19.3 Å². The standard InChI is InChI=1S/C14H26O3Si/c1-6-10-14(11-8-7-9-12-14)18(15-4,16-5)17-13(2)3/h7-9,11,13H,6,10,12H2,1-5H3. The van der Waals surface area contributed by atoms with E-state index < -0.39 is 8.80 Å². The second-order valence-corrected chi connectivity index (χ2v) is 8.19. The van der Waals surface area contributed by atoms with Gasteiger partial charge in [0.15, 0.2) is 0 Å². The van der Waals surface area contributed by atoms with Gasteiger partial charge >= 0.3 is 8.80 Å². The molecule has 1 unspecified atom stereocenters. The van der Waals surface area contributed by atoms with Crippen LogP contribution in [0.25, 0.3) is 0 Å². The Morgan fingerprint density at radius 2 is 1.89 bits per heavy atom. The van der Waals surface area contributed by atoms with Crippen molar-refractivity contribution in [3.8, 4) is 0 Å². The molecule has 0 bridgehead atoms. The van der Waals surface area contributed by atoms with Crippen LogP contribution in [0.4, 0.5) is 0 Å². The van der Waals surface area contributed by atoms with E-state index in [1.54, 1.807) is 14.2 Å². The summed E-state index contributed by atoms with van der Waals surface area (Å²) in [6.07, 6.45) is 11.7. The summed E-state index contributed by atoms with van der Waals surface area (Å²) in [5.41, 5.74) is 0. The van der Waals surface area contributed by atoms with Gasteiger partial charge in [-0.3, -0.25) is 0 Å². The first-order chi connectivity index (χ1) is 8.56. The molecule has 1 aliphatic carbocycles. The fourth-order valence-electron chi connectivity index (χ4n) is 2.69. The van der Waals surface area contributed by atoms with Crippen molar-refractivity contribution >= 4 is 8.80 Å². The summed E-state index contributed by atoms with van der Waals surface area (Å²) in [5.74, 6) is 0. The van der Waals surface area contributed by atoms with Crippen molar-refractivity contribution in [3.05, 3.63) is 24.3 Å². The average Bonchev–Trinajstić information content (AvgIpc) is 2.37. The van der Waals surface area contributed by atoms with Crippen molar-refractivity contribution in [1.82, 2.24) is 0 Å². The molecule has 0 fully saturated rings. The van der Waals surface area contributed by atoms with E-state index in [2.05, 4.69) is 31.2 Å². The summed E-state index contributed by atoms with van der Waals surface area (Å²) in [4.78, 5) is 0. The quantitative estimate of drug-likeness (QED) is 0.660. The summed E-state index contributed by atoms with van der Waals surface area (Å²) < 4.78 is 17.7. The van der Waals surface area contributed by atoms with E-state index in [0.29, 0.717) is 0 Å². The molecule has 4 heteroatoms. The summed E-state index contributed by atoms with van der Waals surface area (Å²) >= 11 is 0. The van der Waals surface area contributed by atoms with Gasteiger partial charge in [0.05, 0.1) is 5.04 Å². The Balaban J connectivity index is 3.12. The smallest absolute Gasteiger partial charge is 0.376 e. The largest absolute Gasteiger partial charge is 0.511 e. The number of rotatable bonds is 7. The van der Waals surface area contributed by atoms with Crippen molar-refractivity contribution in [1.29, 1.82) is 0 Å². The summed E-state index contributed by atoms with van der Waals surface area (Å²) in [5, 5.41) is -0.121. The van der Waals surface area contributed by atoms with Crippen LogP contribution in [0.2, 0.25) is 5.04 Å². The second-order valence-electron chi connectivity index (χ2n) is 5.03. The maximum absolute atomic E-state index is 6.14. The van der Waals surface area contributed by atoms with Crippen LogP contribution in [0.5, 0.6) is 0 Å². The molecule has 0 amide bonds. The van der Waals surface area contributed by atoms with Crippen LogP contribution in [0.1, 0.15) is 40.0 Å². The fourth-order valence-corrected chi connectivity index (χ4v) is 5.94. The van der Waals surface area contributed by atoms with Gasteiger partial charge in [0.2, 0.25) is 0 Å². The molecule has 1 atom stereocenters. The van der Waals surface area contributed by atoms with Crippen molar-refractivity contribution in [2.45, 2.75) is 51.2 Å². The Morgan fingerprint density at radius 1 is 1.22 bits per heavy atom. The van der Waals surface area contributed by atoms with Gasteiger partial charge in [0.1, 0.15) is 0 Å². The molecule has 104 valence electrons. The molecular weight excluding hydrogens is 244 g/mol. The van der Waals surface area contributed by atoms with Crippen LogP contribution >= 0.6 is 0 Å². The molecule has 18 heavy (non-hydrogen) atoms. The molecule has 0 saturated heterocycles. The molecule has 3 nitrogen and oxygen atoms in total. The monoisotopic (exact) mass is 270 g/mol. The minimum Gasteiger partial charge on any atom is -0.376 e. The van der Waals surface area contributed by atoms with Crippen molar-refractivity contribution < 1.29 is 13.3 Å². The molecule has 0 saturated carbocycles. The Hall–Kier alpha value is -0.423. The van der Waals surface area contributed by atoms with Crippen LogP contribution < -0.4 is 0 Å². The minimum absolute atomic E-state index is 0.101. The zero-order valence-electron chi connectivity index (χ0n) is 12.2. The number of hydrogen-bond acceptors (Lipinski definition) is 3. The maximum Gasteiger partial charge on any atom is 0.511 e. The molecular formula is C14H26O3Si. The molecule has 0 radical (unpaired) electrons. The Bertz CT molecular complexity index is 308. The molecule has 0 spiro atoms. The van der Waals surface area contributed by atoms with Crippen LogP contribution in [0.15, 0.2) is 24.3 Å². The molecule has 0 aromatic rings. The van der Waals surface area contributed by atoms with Crippen LogP contribution in [-0.2, 0) is 13.3 Å². The van der Waals surface area contributed by atoms with Gasteiger partial charge in [-0.05, 0) is 26.7 Å². The summed E-state index contributed by atoms with van der Waals surface area (Å²) in [6.45, 7) is 6.25. The Kier molecular flexibility index (Phi) is 5.78. The maximum atomic E-state index is 6.14. The SMILES string of the molecule is CCCC1([Si](OC)(OC)OC(C)C)C=CC=CC1. The summed E-state index contributed by atoms with van der Waals surface area (Å²) in [6, 6.07) is 0. The second kappa shape index (κ2) is 6.66. The molecule has 0 aromatic carbocycles. The van der Waals surface area contributed by atoms with E-state index in [1.165, 1.54) is 0 Å². The van der Waals surface area contributed by atoms with E-state index in [1.807, 2.05) is 13.8 Å². The zero-order chi connectivity index (χ0) is 13.6. The topological polar surface area (TPSA) is 27.7 Å². The van der Waals surface area contributed by atoms with Gasteiger partial charge in [0.25, 0.3) is 0 Å². The van der Waals surface area contributed by atoms with Crippen molar-refractivity contribution in [3.63, 3.8) is 0 Å². The third-order valence-corrected chi connectivity index (χ3v) is 7.08. The van der Waals surface area contributed by atoms with Crippen LogP contribution in [0, 0.1) is 0 Å². The lowest BCUT2D eigenvalue weighted by molar-refractivity contribution is 0.0481. The first kappa shape index (κ1) is 15.6. The van der Waals surface area contributed by atoms with E-state index in [9.17, 15) is 0 Å². The van der Waals surface area contributed by atoms with Crippen molar-refractivity contribution in [2.24, 2.45) is 0 Å². The molecule has 0 heterocycles. The molecule has 0 aromatic heterocycles. The molecule has 1 rings (SSSR count). The Labute approximate surface area is 112 Å². The van der Waals surface area contributed by atoms with Gasteiger partial charge in [0, 0.05) is 20.3 Å². The molecule has 1 aliphatic rings. The van der Waals surface area contributed by atoms with Gasteiger partial charge in [-0.1, -0.05) is 37.6 Å². The van der Waals surface area contributed by atoms with E-state index in [-0.39, 0.29) is 11.1 Å². The minimum atomic E-state index is -2.71. The third-order valence-electron chi connectivity index (χ3n) is 3.38. The highest BCUT2D eigenvalue weighted by Crippen LogP contribution is 2.50. The van der Waals surface area contributed by atoms with Crippen LogP contribution in [-0.4, -0.2) is 29.1 Å². The van der Waals surface area contributed by atoms with Gasteiger partial charge in [-0.25, -0.2) is 0 Å². The first-order valence-corrected chi connectivity index (χ1v) is 8.41. The summed E-state index contributed by atoms with van der Waals surface area (Å²) in [7, 11) is 0.705. The lowest BCUT2D eigenvalue weighted by Gasteiger charge is -2.43. The first-order valence-electron chi connectivity index (χ1n) is 6.68. The highest BCUT2D eigenvalue weighted by atomic mass is 28.4. The van der Waals surface area contributed by atoms with Crippen LogP contribution in [0.3, 0.4) is 0 Å². The van der Waals surface area contributed by atoms with Gasteiger partial charge < -0.3 is 13.3 Å². The van der Waals surface area contributed by atoms with Crippen molar-refractivity contribution in [2.75, 3.05) is 14.2 Å². The highest BCUT2D eigenvalue weighted by Gasteiger charge is 2.58. The average molecular weight is 270 g/mol. The fraction of sp³-hybridized carbons (Fsp3) is 0.714. The molecule has 0 N–H and O–H groups in total. The predicted octanol–water partition coefficient (Wildman–Crippen LogP) is 3.70. The van der Waals surface area contributed by atoms with Gasteiger partial charge in [-0.2, -0.15) is 0 Å². The Morgan fingerprint density at radius 3 is 2.28 bits per heavy atom. The third kappa shape index (κ3) is 2.94. The normalized spacial score (nSPS) is 23.9. The van der Waals surface area contributed by atoms with E-state index in [4.69, 9.17) is 13.3 Å². The number of allylic oxidation sites excluding steroid dienone is 4. The lowest BCUT2D eigenvalue weighted by Crippen LogP contribution is -2.56. The predicted molar refractivity (Wildman–Crippen MR) is 76.5 cm³/mol. The lowest BCUT2D eigenvalue weighted by atomic mass is 9.94. The number of hydrogen-bond donors (Lipinski definition) is 0. The molecule has 0 aliphatic heterocycles. The zero-order valence-corrected chi connectivity index (χ0v) is 13.2.